The van der Waals surface area contributed by atoms with Crippen molar-refractivity contribution < 1.29 is 9.47 Å². The molecule has 1 aromatic heterocycles. The van der Waals surface area contributed by atoms with Crippen LogP contribution in [-0.4, -0.2) is 45.4 Å². The van der Waals surface area contributed by atoms with Crippen LogP contribution in [-0.2, 0) is 0 Å². The minimum Gasteiger partial charge on any atom is -0.497 e. The Morgan fingerprint density at radius 1 is 1.18 bits per heavy atom. The first-order valence-corrected chi connectivity index (χ1v) is 8.20. The van der Waals surface area contributed by atoms with Crippen molar-refractivity contribution in [1.29, 1.82) is 0 Å². The summed E-state index contributed by atoms with van der Waals surface area (Å²) in [6, 6.07) is 5.82. The molecule has 0 bridgehead atoms. The van der Waals surface area contributed by atoms with Crippen LogP contribution in [0.15, 0.2) is 18.2 Å². The van der Waals surface area contributed by atoms with Crippen molar-refractivity contribution in [2.75, 3.05) is 45.3 Å². The van der Waals surface area contributed by atoms with Gasteiger partial charge in [0.1, 0.15) is 11.5 Å². The fraction of sp³-hybridized carbons (Fsp3) is 0.438. The molecule has 1 N–H and O–H groups in total. The average Bonchev–Trinajstić information content (AvgIpc) is 2.96. The molecule has 1 aliphatic rings. The van der Waals surface area contributed by atoms with Crippen LogP contribution < -0.4 is 19.7 Å². The number of hydrogen-bond acceptors (Lipinski definition) is 6. The summed E-state index contributed by atoms with van der Waals surface area (Å²) in [5, 5.41) is 4.45. The summed E-state index contributed by atoms with van der Waals surface area (Å²) in [5.41, 5.74) is 1.96. The average molecular weight is 319 g/mol. The van der Waals surface area contributed by atoms with Gasteiger partial charge in [-0.2, -0.15) is 0 Å². The van der Waals surface area contributed by atoms with Gasteiger partial charge in [-0.3, -0.25) is 0 Å². The number of piperazine rings is 1. The minimum absolute atomic E-state index is 0.812. The Morgan fingerprint density at radius 2 is 1.95 bits per heavy atom. The molecule has 6 heteroatoms. The number of hydrogen-bond donors (Lipinski definition) is 1. The van der Waals surface area contributed by atoms with E-state index in [-0.39, 0.29) is 0 Å². The van der Waals surface area contributed by atoms with E-state index in [0.29, 0.717) is 0 Å². The summed E-state index contributed by atoms with van der Waals surface area (Å²) < 4.78 is 10.8. The van der Waals surface area contributed by atoms with Crippen molar-refractivity contribution >= 4 is 16.5 Å². The van der Waals surface area contributed by atoms with Crippen LogP contribution in [0.5, 0.6) is 11.5 Å². The lowest BCUT2D eigenvalue weighted by molar-refractivity contribution is 0.404. The topological polar surface area (TPSA) is 46.6 Å². The molecule has 3 rings (SSSR count). The van der Waals surface area contributed by atoms with E-state index in [0.717, 1.165) is 54.1 Å². The summed E-state index contributed by atoms with van der Waals surface area (Å²) in [5.74, 6) is 1.63. The zero-order valence-electron chi connectivity index (χ0n) is 13.2. The molecule has 0 aliphatic carbocycles. The molecule has 1 fully saturated rings. The lowest BCUT2D eigenvalue weighted by Gasteiger charge is -2.26. The Labute approximate surface area is 134 Å². The van der Waals surface area contributed by atoms with Gasteiger partial charge in [0, 0.05) is 36.6 Å². The monoisotopic (exact) mass is 319 g/mol. The maximum atomic E-state index is 5.49. The lowest BCUT2D eigenvalue weighted by atomic mass is 10.1. The molecule has 2 aromatic rings. The van der Waals surface area contributed by atoms with Gasteiger partial charge in [-0.15, -0.1) is 11.3 Å². The second-order valence-electron chi connectivity index (χ2n) is 5.20. The van der Waals surface area contributed by atoms with E-state index in [2.05, 4.69) is 17.1 Å². The van der Waals surface area contributed by atoms with Crippen molar-refractivity contribution in [1.82, 2.24) is 10.3 Å². The van der Waals surface area contributed by atoms with E-state index in [9.17, 15) is 0 Å². The number of anilines is 1. The van der Waals surface area contributed by atoms with Crippen LogP contribution in [0.4, 0.5) is 5.13 Å². The Morgan fingerprint density at radius 3 is 2.64 bits per heavy atom. The molecule has 0 spiro atoms. The lowest BCUT2D eigenvalue weighted by Crippen LogP contribution is -2.43. The SMILES string of the molecule is COc1ccc(OC)c(-c2nc(N3CCNCC3)sc2C)c1. The normalized spacial score (nSPS) is 15.0. The summed E-state index contributed by atoms with van der Waals surface area (Å²) in [7, 11) is 3.36. The first-order chi connectivity index (χ1) is 10.7. The number of methoxy groups -OCH3 is 2. The third kappa shape index (κ3) is 2.89. The summed E-state index contributed by atoms with van der Waals surface area (Å²) in [6.07, 6.45) is 0. The van der Waals surface area contributed by atoms with Gasteiger partial charge in [-0.25, -0.2) is 4.98 Å². The molecular formula is C16H21N3O2S. The van der Waals surface area contributed by atoms with Gasteiger partial charge in [-0.1, -0.05) is 0 Å². The highest BCUT2D eigenvalue weighted by atomic mass is 32.1. The predicted octanol–water partition coefficient (Wildman–Crippen LogP) is 2.55. The van der Waals surface area contributed by atoms with E-state index < -0.39 is 0 Å². The number of nitrogens with one attached hydrogen (secondary N) is 1. The van der Waals surface area contributed by atoms with Crippen molar-refractivity contribution in [3.8, 4) is 22.8 Å². The number of ether oxygens (including phenoxy) is 2. The number of thiazole rings is 1. The largest absolute Gasteiger partial charge is 0.497 e. The summed E-state index contributed by atoms with van der Waals surface area (Å²) >= 11 is 1.74. The Balaban J connectivity index is 1.99. The number of aromatic nitrogens is 1. The van der Waals surface area contributed by atoms with E-state index in [4.69, 9.17) is 14.5 Å². The molecule has 0 saturated carbocycles. The standard InChI is InChI=1S/C16H21N3O2S/c1-11-15(13-10-12(20-2)4-5-14(13)21-3)18-16(22-11)19-8-6-17-7-9-19/h4-5,10,17H,6-9H2,1-3H3. The van der Waals surface area contributed by atoms with Crippen LogP contribution >= 0.6 is 11.3 Å². The molecule has 1 aliphatic heterocycles. The molecule has 1 aromatic carbocycles. The number of nitrogens with zero attached hydrogens (tertiary/aromatic N) is 2. The highest BCUT2D eigenvalue weighted by molar-refractivity contribution is 7.16. The predicted molar refractivity (Wildman–Crippen MR) is 90.5 cm³/mol. The highest BCUT2D eigenvalue weighted by Gasteiger charge is 2.19. The summed E-state index contributed by atoms with van der Waals surface area (Å²) in [6.45, 7) is 6.13. The quantitative estimate of drug-likeness (QED) is 0.938. The van der Waals surface area contributed by atoms with Crippen LogP contribution in [0.25, 0.3) is 11.3 Å². The van der Waals surface area contributed by atoms with Crippen molar-refractivity contribution in [3.05, 3.63) is 23.1 Å². The Kier molecular flexibility index (Phi) is 4.49. The van der Waals surface area contributed by atoms with Gasteiger partial charge in [0.2, 0.25) is 0 Å². The van der Waals surface area contributed by atoms with Crippen LogP contribution in [0.1, 0.15) is 4.88 Å². The van der Waals surface area contributed by atoms with Crippen LogP contribution in [0.2, 0.25) is 0 Å². The summed E-state index contributed by atoms with van der Waals surface area (Å²) in [4.78, 5) is 8.40. The van der Waals surface area contributed by atoms with Gasteiger partial charge >= 0.3 is 0 Å². The molecule has 0 radical (unpaired) electrons. The molecule has 0 amide bonds. The molecule has 1 saturated heterocycles. The fourth-order valence-electron chi connectivity index (χ4n) is 2.62. The first kappa shape index (κ1) is 15.1. The van der Waals surface area contributed by atoms with E-state index >= 15 is 0 Å². The third-order valence-corrected chi connectivity index (χ3v) is 4.87. The van der Waals surface area contributed by atoms with E-state index in [1.165, 1.54) is 4.88 Å². The first-order valence-electron chi connectivity index (χ1n) is 7.38. The zero-order valence-corrected chi connectivity index (χ0v) is 14.0. The molecule has 0 unspecified atom stereocenters. The molecule has 118 valence electrons. The zero-order chi connectivity index (χ0) is 15.5. The van der Waals surface area contributed by atoms with Crippen molar-refractivity contribution in [2.24, 2.45) is 0 Å². The van der Waals surface area contributed by atoms with Crippen LogP contribution in [0.3, 0.4) is 0 Å². The molecular weight excluding hydrogens is 298 g/mol. The van der Waals surface area contributed by atoms with E-state index in [1.807, 2.05) is 18.2 Å². The number of benzene rings is 1. The Hall–Kier alpha value is -1.79. The third-order valence-electron chi connectivity index (χ3n) is 3.83. The van der Waals surface area contributed by atoms with Gasteiger partial charge in [-0.05, 0) is 25.1 Å². The van der Waals surface area contributed by atoms with Crippen molar-refractivity contribution in [2.45, 2.75) is 6.92 Å². The second-order valence-corrected chi connectivity index (χ2v) is 6.39. The highest BCUT2D eigenvalue weighted by Crippen LogP contribution is 2.38. The van der Waals surface area contributed by atoms with Crippen LogP contribution in [0, 0.1) is 6.92 Å². The van der Waals surface area contributed by atoms with Crippen molar-refractivity contribution in [3.63, 3.8) is 0 Å². The molecule has 0 atom stereocenters. The Bertz CT molecular complexity index is 651. The van der Waals surface area contributed by atoms with Gasteiger partial charge < -0.3 is 19.7 Å². The maximum absolute atomic E-state index is 5.49. The molecule has 2 heterocycles. The molecule has 5 nitrogen and oxygen atoms in total. The van der Waals surface area contributed by atoms with Gasteiger partial charge in [0.05, 0.1) is 19.9 Å². The minimum atomic E-state index is 0.812. The fourth-order valence-corrected chi connectivity index (χ4v) is 3.60. The smallest absolute Gasteiger partial charge is 0.186 e. The van der Waals surface area contributed by atoms with Gasteiger partial charge in [0.25, 0.3) is 0 Å². The molecule has 22 heavy (non-hydrogen) atoms. The number of rotatable bonds is 4. The van der Waals surface area contributed by atoms with Gasteiger partial charge in [0.15, 0.2) is 5.13 Å². The second kappa shape index (κ2) is 6.54. The van der Waals surface area contributed by atoms with E-state index in [1.54, 1.807) is 25.6 Å². The maximum Gasteiger partial charge on any atom is 0.186 e. The number of aryl methyl sites for hydroxylation is 1.